The predicted octanol–water partition coefficient (Wildman–Crippen LogP) is 2.97. The third kappa shape index (κ3) is 3.68. The number of carbonyl (C=O) groups excluding carboxylic acids is 1. The fourth-order valence-electron chi connectivity index (χ4n) is 1.92. The van der Waals surface area contributed by atoms with Crippen LogP contribution in [0.25, 0.3) is 0 Å². The molecule has 1 atom stereocenters. The smallest absolute Gasteiger partial charge is 0.211 e. The third-order valence-corrected chi connectivity index (χ3v) is 3.03. The molecule has 0 spiro atoms. The van der Waals surface area contributed by atoms with E-state index in [4.69, 9.17) is 4.74 Å². The van der Waals surface area contributed by atoms with Crippen LogP contribution >= 0.6 is 0 Å². The van der Waals surface area contributed by atoms with E-state index in [0.29, 0.717) is 17.9 Å². The summed E-state index contributed by atoms with van der Waals surface area (Å²) in [5.74, 6) is 0.389. The van der Waals surface area contributed by atoms with Gasteiger partial charge in [0.25, 0.3) is 0 Å². The lowest BCUT2D eigenvalue weighted by Gasteiger charge is -2.16. The summed E-state index contributed by atoms with van der Waals surface area (Å²) in [5.41, 5.74) is 1.40. The first-order valence-corrected chi connectivity index (χ1v) is 6.40. The van der Waals surface area contributed by atoms with E-state index < -0.39 is 5.82 Å². The molecule has 0 saturated carbocycles. The number of amides is 1. The van der Waals surface area contributed by atoms with Gasteiger partial charge in [0, 0.05) is 18.0 Å². The zero-order valence-electron chi connectivity index (χ0n) is 11.8. The minimum Gasteiger partial charge on any atom is -0.494 e. The SMILES string of the molecule is COc1ccc(C(C)Nc2cc(NC=O)ccn2)cc1F. The number of carbonyl (C=O) groups is 1. The molecule has 21 heavy (non-hydrogen) atoms. The summed E-state index contributed by atoms with van der Waals surface area (Å²) in [6.07, 6.45) is 2.18. The number of benzene rings is 1. The zero-order valence-corrected chi connectivity index (χ0v) is 11.8. The van der Waals surface area contributed by atoms with E-state index in [0.717, 1.165) is 5.56 Å². The molecule has 1 unspecified atom stereocenters. The summed E-state index contributed by atoms with van der Waals surface area (Å²) in [4.78, 5) is 14.6. The van der Waals surface area contributed by atoms with Crippen molar-refractivity contribution in [1.29, 1.82) is 0 Å². The fraction of sp³-hybridized carbons (Fsp3) is 0.200. The van der Waals surface area contributed by atoms with Crippen molar-refractivity contribution in [2.24, 2.45) is 0 Å². The average Bonchev–Trinajstić information content (AvgIpc) is 2.48. The van der Waals surface area contributed by atoms with Crippen LogP contribution in [0, 0.1) is 5.82 Å². The summed E-state index contributed by atoms with van der Waals surface area (Å²) in [6, 6.07) is 8.02. The van der Waals surface area contributed by atoms with E-state index in [9.17, 15) is 9.18 Å². The Hall–Kier alpha value is -2.63. The second-order valence-corrected chi connectivity index (χ2v) is 4.45. The van der Waals surface area contributed by atoms with Crippen molar-refractivity contribution in [1.82, 2.24) is 4.98 Å². The van der Waals surface area contributed by atoms with Gasteiger partial charge in [0.15, 0.2) is 11.6 Å². The van der Waals surface area contributed by atoms with Crippen LogP contribution in [0.15, 0.2) is 36.5 Å². The molecule has 0 saturated heterocycles. The first-order chi connectivity index (χ1) is 10.1. The van der Waals surface area contributed by atoms with Crippen molar-refractivity contribution in [3.05, 3.63) is 47.9 Å². The minimum absolute atomic E-state index is 0.149. The molecule has 0 bridgehead atoms. The molecule has 1 amide bonds. The maximum absolute atomic E-state index is 13.7. The van der Waals surface area contributed by atoms with Crippen molar-refractivity contribution >= 4 is 17.9 Å². The Morgan fingerprint density at radius 1 is 1.33 bits per heavy atom. The van der Waals surface area contributed by atoms with Crippen LogP contribution in [0.2, 0.25) is 0 Å². The van der Waals surface area contributed by atoms with Gasteiger partial charge in [-0.3, -0.25) is 4.79 Å². The summed E-state index contributed by atoms with van der Waals surface area (Å²) < 4.78 is 18.6. The highest BCUT2D eigenvalue weighted by molar-refractivity contribution is 5.72. The molecule has 2 N–H and O–H groups in total. The molecule has 1 aromatic heterocycles. The topological polar surface area (TPSA) is 63.2 Å². The molecule has 2 rings (SSSR count). The van der Waals surface area contributed by atoms with Gasteiger partial charge in [0.1, 0.15) is 5.82 Å². The molecular formula is C15H16FN3O2. The Kier molecular flexibility index (Phi) is 4.71. The monoisotopic (exact) mass is 289 g/mol. The minimum atomic E-state index is -0.409. The van der Waals surface area contributed by atoms with Gasteiger partial charge in [-0.15, -0.1) is 0 Å². The highest BCUT2D eigenvalue weighted by Crippen LogP contribution is 2.24. The molecule has 0 aliphatic rings. The first-order valence-electron chi connectivity index (χ1n) is 6.40. The lowest BCUT2D eigenvalue weighted by Crippen LogP contribution is -2.09. The van der Waals surface area contributed by atoms with Crippen LogP contribution in [-0.4, -0.2) is 18.5 Å². The van der Waals surface area contributed by atoms with Crippen LogP contribution < -0.4 is 15.4 Å². The third-order valence-electron chi connectivity index (χ3n) is 3.03. The van der Waals surface area contributed by atoms with Crippen LogP contribution in [0.3, 0.4) is 0 Å². The number of aromatic nitrogens is 1. The van der Waals surface area contributed by atoms with Crippen LogP contribution in [0.5, 0.6) is 5.75 Å². The van der Waals surface area contributed by atoms with Gasteiger partial charge in [-0.2, -0.15) is 0 Å². The number of halogens is 1. The molecule has 5 nitrogen and oxygen atoms in total. The van der Waals surface area contributed by atoms with Gasteiger partial charge >= 0.3 is 0 Å². The van der Waals surface area contributed by atoms with Gasteiger partial charge in [-0.1, -0.05) is 6.07 Å². The number of nitrogens with one attached hydrogen (secondary N) is 2. The van der Waals surface area contributed by atoms with Gasteiger partial charge in [0.05, 0.1) is 13.2 Å². The molecule has 1 heterocycles. The number of rotatable bonds is 6. The highest BCUT2D eigenvalue weighted by atomic mass is 19.1. The standard InChI is InChI=1S/C15H16FN3O2/c1-10(11-3-4-14(21-2)13(16)7-11)19-15-8-12(18-9-20)5-6-17-15/h3-10H,1-2H3,(H2,17,18,19,20). The van der Waals surface area contributed by atoms with Crippen molar-refractivity contribution in [2.75, 3.05) is 17.7 Å². The summed E-state index contributed by atoms with van der Waals surface area (Å²) >= 11 is 0. The lowest BCUT2D eigenvalue weighted by molar-refractivity contribution is -0.105. The van der Waals surface area contributed by atoms with Gasteiger partial charge in [0.2, 0.25) is 6.41 Å². The van der Waals surface area contributed by atoms with E-state index >= 15 is 0 Å². The van der Waals surface area contributed by atoms with Crippen molar-refractivity contribution < 1.29 is 13.9 Å². The Balaban J connectivity index is 2.13. The number of nitrogens with zero attached hydrogens (tertiary/aromatic N) is 1. The molecule has 110 valence electrons. The largest absolute Gasteiger partial charge is 0.494 e. The molecule has 0 radical (unpaired) electrons. The molecular weight excluding hydrogens is 273 g/mol. The predicted molar refractivity (Wildman–Crippen MR) is 78.9 cm³/mol. The molecule has 1 aromatic carbocycles. The number of anilines is 2. The summed E-state index contributed by atoms with van der Waals surface area (Å²) in [7, 11) is 1.43. The summed E-state index contributed by atoms with van der Waals surface area (Å²) in [5, 5.41) is 5.70. The number of hydrogen-bond acceptors (Lipinski definition) is 4. The zero-order chi connectivity index (χ0) is 15.2. The summed E-state index contributed by atoms with van der Waals surface area (Å²) in [6.45, 7) is 1.89. The first kappa shape index (κ1) is 14.8. The van der Waals surface area contributed by atoms with Crippen molar-refractivity contribution in [3.8, 4) is 5.75 Å². The van der Waals surface area contributed by atoms with E-state index in [1.54, 1.807) is 30.5 Å². The normalized spacial score (nSPS) is 11.6. The molecule has 2 aromatic rings. The Morgan fingerprint density at radius 3 is 2.81 bits per heavy atom. The van der Waals surface area contributed by atoms with Crippen LogP contribution in [0.4, 0.5) is 15.9 Å². The van der Waals surface area contributed by atoms with Gasteiger partial charge < -0.3 is 15.4 Å². The number of hydrogen-bond donors (Lipinski definition) is 2. The molecule has 0 aliphatic carbocycles. The molecule has 0 aliphatic heterocycles. The van der Waals surface area contributed by atoms with E-state index in [2.05, 4.69) is 15.6 Å². The second-order valence-electron chi connectivity index (χ2n) is 4.45. The van der Waals surface area contributed by atoms with Crippen molar-refractivity contribution in [3.63, 3.8) is 0 Å². The quantitative estimate of drug-likeness (QED) is 0.802. The molecule has 0 fully saturated rings. The Morgan fingerprint density at radius 2 is 2.14 bits per heavy atom. The van der Waals surface area contributed by atoms with Gasteiger partial charge in [-0.25, -0.2) is 9.37 Å². The van der Waals surface area contributed by atoms with E-state index in [1.807, 2.05) is 6.92 Å². The fourth-order valence-corrected chi connectivity index (χ4v) is 1.92. The lowest BCUT2D eigenvalue weighted by atomic mass is 10.1. The average molecular weight is 289 g/mol. The maximum Gasteiger partial charge on any atom is 0.211 e. The van der Waals surface area contributed by atoms with Gasteiger partial charge in [-0.05, 0) is 30.7 Å². The maximum atomic E-state index is 13.7. The second kappa shape index (κ2) is 6.69. The number of ether oxygens (including phenoxy) is 1. The highest BCUT2D eigenvalue weighted by Gasteiger charge is 2.10. The van der Waals surface area contributed by atoms with E-state index in [-0.39, 0.29) is 11.8 Å². The number of pyridine rings is 1. The number of methoxy groups -OCH3 is 1. The van der Waals surface area contributed by atoms with Crippen molar-refractivity contribution in [2.45, 2.75) is 13.0 Å². The van der Waals surface area contributed by atoms with Crippen LogP contribution in [-0.2, 0) is 4.79 Å². The van der Waals surface area contributed by atoms with Crippen LogP contribution in [0.1, 0.15) is 18.5 Å². The Bertz CT molecular complexity index is 634. The Labute approximate surface area is 122 Å². The van der Waals surface area contributed by atoms with E-state index in [1.165, 1.54) is 13.2 Å². The molecule has 6 heteroatoms.